The molecule has 158 valence electrons. The Morgan fingerprint density at radius 3 is 2.77 bits per heavy atom. The van der Waals surface area contributed by atoms with Crippen molar-refractivity contribution in [3.05, 3.63) is 53.6 Å². The number of carbonyl (C=O) groups excluding carboxylic acids is 2. The van der Waals surface area contributed by atoms with E-state index in [4.69, 9.17) is 13.8 Å². The summed E-state index contributed by atoms with van der Waals surface area (Å²) in [4.78, 5) is 23.4. The van der Waals surface area contributed by atoms with E-state index in [9.17, 15) is 9.59 Å². The van der Waals surface area contributed by atoms with Crippen LogP contribution in [0.4, 0.5) is 16.2 Å². The summed E-state index contributed by atoms with van der Waals surface area (Å²) >= 11 is 3.90. The van der Waals surface area contributed by atoms with E-state index in [0.29, 0.717) is 30.0 Å². The van der Waals surface area contributed by atoms with Crippen LogP contribution in [0.1, 0.15) is 49.5 Å². The van der Waals surface area contributed by atoms with Crippen LogP contribution >= 0.6 is 12.9 Å². The second kappa shape index (κ2) is 9.21. The number of hydrogen-bond donors (Lipinski definition) is 2. The maximum atomic E-state index is 11.8. The average molecular weight is 430 g/mol. The SMILES string of the molecule is CC(=O)c1ccccc1[N+](=CCCCOc1ccc2c(c1)C(C)(C)OC(=O)N2)OS. The molecule has 1 aliphatic heterocycles. The number of anilines is 1. The molecule has 2 aromatic rings. The van der Waals surface area contributed by atoms with E-state index < -0.39 is 11.7 Å². The van der Waals surface area contributed by atoms with Crippen molar-refractivity contribution >= 4 is 42.4 Å². The molecule has 1 aliphatic rings. The molecule has 1 heterocycles. The van der Waals surface area contributed by atoms with E-state index in [-0.39, 0.29) is 5.78 Å². The number of nitrogens with one attached hydrogen (secondary N) is 1. The van der Waals surface area contributed by atoms with E-state index in [1.165, 1.54) is 11.7 Å². The second-order valence-electron chi connectivity index (χ2n) is 7.39. The van der Waals surface area contributed by atoms with Crippen LogP contribution in [0.25, 0.3) is 0 Å². The highest BCUT2D eigenvalue weighted by Crippen LogP contribution is 2.37. The number of ether oxygens (including phenoxy) is 2. The first-order valence-corrected chi connectivity index (χ1v) is 10.00. The normalized spacial score (nSPS) is 14.9. The van der Waals surface area contributed by atoms with Crippen molar-refractivity contribution in [1.29, 1.82) is 0 Å². The number of carbonyl (C=O) groups is 2. The van der Waals surface area contributed by atoms with Gasteiger partial charge in [0.25, 0.3) is 5.69 Å². The fraction of sp³-hybridized carbons (Fsp3) is 0.318. The highest BCUT2D eigenvalue weighted by atomic mass is 32.1. The van der Waals surface area contributed by atoms with Gasteiger partial charge in [0.1, 0.15) is 24.3 Å². The van der Waals surface area contributed by atoms with Crippen LogP contribution in [0.3, 0.4) is 0 Å². The minimum absolute atomic E-state index is 0.0479. The molecule has 7 nitrogen and oxygen atoms in total. The Bertz CT molecular complexity index is 987. The Hall–Kier alpha value is -3.00. The number of para-hydroxylation sites is 1. The zero-order valence-electron chi connectivity index (χ0n) is 17.2. The molecule has 2 aromatic carbocycles. The van der Waals surface area contributed by atoms with Gasteiger partial charge in [-0.1, -0.05) is 12.1 Å². The summed E-state index contributed by atoms with van der Waals surface area (Å²) in [5.41, 5.74) is 2.06. The van der Waals surface area contributed by atoms with Gasteiger partial charge in [0.2, 0.25) is 6.21 Å². The lowest BCUT2D eigenvalue weighted by atomic mass is 9.94. The monoisotopic (exact) mass is 429 g/mol. The number of fused-ring (bicyclic) bond motifs is 1. The smallest absolute Gasteiger partial charge is 0.412 e. The Morgan fingerprint density at radius 2 is 2.03 bits per heavy atom. The first-order chi connectivity index (χ1) is 14.3. The van der Waals surface area contributed by atoms with E-state index in [2.05, 4.69) is 18.2 Å². The fourth-order valence-corrected chi connectivity index (χ4v) is 3.42. The molecule has 0 unspecified atom stereocenters. The van der Waals surface area contributed by atoms with Crippen molar-refractivity contribution in [3.63, 3.8) is 0 Å². The first kappa shape index (κ1) is 21.7. The van der Waals surface area contributed by atoms with Gasteiger partial charge in [-0.15, -0.1) is 0 Å². The molecule has 0 atom stereocenters. The standard InChI is InChI=1S/C22H24N2O5S/c1-15(25)17-8-4-5-9-20(17)24(29-30)12-6-7-13-27-16-10-11-19-18(14-16)22(2,3)28-21(26)23-19/h4-5,8-12,14H,6-7,13H2,1-3H3,(H-,23,26,30)/p+1. The van der Waals surface area contributed by atoms with E-state index in [0.717, 1.165) is 17.7 Å². The Morgan fingerprint density at radius 1 is 1.27 bits per heavy atom. The van der Waals surface area contributed by atoms with E-state index >= 15 is 0 Å². The summed E-state index contributed by atoms with van der Waals surface area (Å²) in [5.74, 6) is 0.652. The molecule has 0 aromatic heterocycles. The predicted octanol–water partition coefficient (Wildman–Crippen LogP) is 5.04. The van der Waals surface area contributed by atoms with Crippen LogP contribution < -0.4 is 10.1 Å². The van der Waals surface area contributed by atoms with Gasteiger partial charge in [0.05, 0.1) is 17.9 Å². The average Bonchev–Trinajstić information content (AvgIpc) is 2.70. The number of cyclic esters (lactones) is 1. The minimum Gasteiger partial charge on any atom is -0.494 e. The number of benzene rings is 2. The fourth-order valence-electron chi connectivity index (χ4n) is 3.26. The number of thiol groups is 1. The van der Waals surface area contributed by atoms with Gasteiger partial charge in [-0.2, -0.15) is 4.28 Å². The Balaban J connectivity index is 1.60. The third-order valence-electron chi connectivity index (χ3n) is 4.75. The van der Waals surface area contributed by atoms with Gasteiger partial charge in [0, 0.05) is 22.8 Å². The molecular formula is C22H25N2O5S+. The third kappa shape index (κ3) is 4.94. The number of amides is 1. The minimum atomic E-state index is -0.723. The van der Waals surface area contributed by atoms with Crippen molar-refractivity contribution in [1.82, 2.24) is 0 Å². The van der Waals surface area contributed by atoms with Crippen molar-refractivity contribution in [3.8, 4) is 5.75 Å². The lowest BCUT2D eigenvalue weighted by Crippen LogP contribution is -2.34. The highest BCUT2D eigenvalue weighted by molar-refractivity contribution is 7.74. The summed E-state index contributed by atoms with van der Waals surface area (Å²) in [6.45, 7) is 5.68. The van der Waals surface area contributed by atoms with Crippen LogP contribution in [0.2, 0.25) is 0 Å². The summed E-state index contributed by atoms with van der Waals surface area (Å²) in [7, 11) is 0. The van der Waals surface area contributed by atoms with Crippen LogP contribution in [-0.4, -0.2) is 29.4 Å². The lowest BCUT2D eigenvalue weighted by Gasteiger charge is -2.32. The number of unbranched alkanes of at least 4 members (excludes halogenated alkanes) is 1. The molecule has 30 heavy (non-hydrogen) atoms. The molecular weight excluding hydrogens is 404 g/mol. The van der Waals surface area contributed by atoms with Crippen molar-refractivity contribution < 1.29 is 28.1 Å². The predicted molar refractivity (Wildman–Crippen MR) is 117 cm³/mol. The van der Waals surface area contributed by atoms with Crippen molar-refractivity contribution in [2.45, 2.75) is 39.2 Å². The highest BCUT2D eigenvalue weighted by Gasteiger charge is 2.33. The number of rotatable bonds is 8. The number of Topliss-reactive ketones (excluding diaryl/α,β-unsaturated/α-hetero) is 1. The molecule has 0 spiro atoms. The van der Waals surface area contributed by atoms with Crippen LogP contribution in [0.5, 0.6) is 5.75 Å². The van der Waals surface area contributed by atoms with E-state index in [1.54, 1.807) is 18.2 Å². The lowest BCUT2D eigenvalue weighted by molar-refractivity contribution is -0.672. The zero-order chi connectivity index (χ0) is 21.7. The van der Waals surface area contributed by atoms with Crippen LogP contribution in [0, 0.1) is 0 Å². The molecule has 0 aliphatic carbocycles. The quantitative estimate of drug-likeness (QED) is 0.117. The molecule has 0 saturated heterocycles. The van der Waals surface area contributed by atoms with E-state index in [1.807, 2.05) is 44.3 Å². The molecule has 8 heteroatoms. The Labute approximate surface area is 181 Å². The molecule has 1 N–H and O–H groups in total. The maximum absolute atomic E-state index is 11.8. The zero-order valence-corrected chi connectivity index (χ0v) is 18.1. The topological polar surface area (TPSA) is 76.9 Å². The molecule has 0 radical (unpaired) electrons. The molecule has 0 saturated carbocycles. The number of nitrogens with zero attached hydrogens (tertiary/aromatic N) is 1. The van der Waals surface area contributed by atoms with Gasteiger partial charge < -0.3 is 9.47 Å². The first-order valence-electron chi connectivity index (χ1n) is 9.63. The number of ketones is 1. The third-order valence-corrected chi connectivity index (χ3v) is 4.92. The summed E-state index contributed by atoms with van der Waals surface area (Å²) in [5, 5.41) is 2.69. The van der Waals surface area contributed by atoms with Gasteiger partial charge >= 0.3 is 6.09 Å². The van der Waals surface area contributed by atoms with Gasteiger partial charge in [-0.3, -0.25) is 10.1 Å². The van der Waals surface area contributed by atoms with Crippen molar-refractivity contribution in [2.75, 3.05) is 11.9 Å². The maximum Gasteiger partial charge on any atom is 0.412 e. The molecule has 3 rings (SSSR count). The summed E-state index contributed by atoms with van der Waals surface area (Å²) < 4.78 is 17.8. The number of hydrogen-bond acceptors (Lipinski definition) is 6. The van der Waals surface area contributed by atoms with Gasteiger partial charge in [-0.25, -0.2) is 4.79 Å². The summed E-state index contributed by atoms with van der Waals surface area (Å²) in [6, 6.07) is 12.7. The Kier molecular flexibility index (Phi) is 6.66. The molecule has 0 fully saturated rings. The van der Waals surface area contributed by atoms with Crippen LogP contribution in [-0.2, 0) is 14.6 Å². The van der Waals surface area contributed by atoms with Gasteiger partial charge in [-0.05, 0) is 51.5 Å². The summed E-state index contributed by atoms with van der Waals surface area (Å²) in [6.07, 6.45) is 2.74. The largest absolute Gasteiger partial charge is 0.494 e. The van der Waals surface area contributed by atoms with Gasteiger partial charge in [0.15, 0.2) is 5.78 Å². The van der Waals surface area contributed by atoms with Crippen LogP contribution in [0.15, 0.2) is 42.5 Å². The molecule has 0 bridgehead atoms. The van der Waals surface area contributed by atoms with Crippen molar-refractivity contribution in [2.24, 2.45) is 0 Å². The second-order valence-corrected chi connectivity index (χ2v) is 7.55. The molecule has 1 amide bonds.